The number of nitrogens with one attached hydrogen (secondary N) is 3. The van der Waals surface area contributed by atoms with E-state index in [0.29, 0.717) is 18.3 Å². The topological polar surface area (TPSA) is 98.8 Å². The number of hydrogen-bond donors (Lipinski definition) is 3. The number of aromatic nitrogens is 4. The van der Waals surface area contributed by atoms with Crippen molar-refractivity contribution >= 4 is 17.7 Å². The number of nitrogens with zero attached hydrogens (tertiary/aromatic N) is 4. The third-order valence-corrected chi connectivity index (χ3v) is 5.95. The average Bonchev–Trinajstić information content (AvgIpc) is 3.28. The zero-order chi connectivity index (χ0) is 20.9. The third-order valence-electron chi connectivity index (χ3n) is 5.95. The highest BCUT2D eigenvalue weighted by molar-refractivity contribution is 5.78. The Bertz CT molecular complexity index is 1100. The van der Waals surface area contributed by atoms with Gasteiger partial charge >= 0.3 is 6.03 Å². The normalized spacial score (nSPS) is 21.2. The van der Waals surface area contributed by atoms with E-state index in [2.05, 4.69) is 42.9 Å². The van der Waals surface area contributed by atoms with Gasteiger partial charge in [0.15, 0.2) is 17.5 Å². The molecule has 2 aliphatic rings. The first-order valence-electron chi connectivity index (χ1n) is 9.88. The summed E-state index contributed by atoms with van der Waals surface area (Å²) < 4.78 is 13.9. The Morgan fingerprint density at radius 1 is 1.27 bits per heavy atom. The number of hydrogen-bond acceptors (Lipinski definition) is 5. The number of amides is 2. The second-order valence-electron chi connectivity index (χ2n) is 8.22. The van der Waals surface area contributed by atoms with Gasteiger partial charge in [-0.1, -0.05) is 30.3 Å². The summed E-state index contributed by atoms with van der Waals surface area (Å²) in [7, 11) is 0. The summed E-state index contributed by atoms with van der Waals surface area (Å²) in [5.74, 6) is 0.295. The van der Waals surface area contributed by atoms with E-state index < -0.39 is 11.4 Å². The Morgan fingerprint density at radius 2 is 2.07 bits per heavy atom. The van der Waals surface area contributed by atoms with E-state index >= 15 is 0 Å². The van der Waals surface area contributed by atoms with Crippen molar-refractivity contribution in [3.8, 4) is 0 Å². The van der Waals surface area contributed by atoms with Crippen molar-refractivity contribution in [3.05, 3.63) is 65.5 Å². The van der Waals surface area contributed by atoms with Gasteiger partial charge in [-0.15, -0.1) is 0 Å². The third kappa shape index (κ3) is 3.06. The fourth-order valence-corrected chi connectivity index (χ4v) is 4.12. The van der Waals surface area contributed by atoms with Crippen LogP contribution < -0.4 is 10.6 Å². The Balaban J connectivity index is 1.31. The van der Waals surface area contributed by atoms with Crippen molar-refractivity contribution in [2.45, 2.75) is 44.3 Å². The quantitative estimate of drug-likeness (QED) is 0.616. The van der Waals surface area contributed by atoms with Crippen LogP contribution in [0.25, 0.3) is 0 Å². The Hall–Kier alpha value is -3.49. The second kappa shape index (κ2) is 6.79. The van der Waals surface area contributed by atoms with Crippen LogP contribution in [0.15, 0.2) is 42.9 Å². The highest BCUT2D eigenvalue weighted by Crippen LogP contribution is 2.43. The Morgan fingerprint density at radius 3 is 2.83 bits per heavy atom. The molecule has 2 atom stereocenters. The maximum absolute atomic E-state index is 13.9. The van der Waals surface area contributed by atoms with Crippen LogP contribution in [-0.2, 0) is 12.1 Å². The number of carbonyl (C=O) groups is 1. The molecule has 30 heavy (non-hydrogen) atoms. The number of halogens is 1. The number of aromatic amines is 1. The molecule has 2 unspecified atom stereocenters. The van der Waals surface area contributed by atoms with Crippen LogP contribution in [0.2, 0.25) is 0 Å². The fourth-order valence-electron chi connectivity index (χ4n) is 4.12. The van der Waals surface area contributed by atoms with Crippen molar-refractivity contribution in [1.29, 1.82) is 0 Å². The number of H-pyrrole nitrogens is 1. The second-order valence-corrected chi connectivity index (χ2v) is 8.22. The first-order valence-corrected chi connectivity index (χ1v) is 9.88. The van der Waals surface area contributed by atoms with Gasteiger partial charge in [0.2, 0.25) is 0 Å². The zero-order valence-electron chi connectivity index (χ0n) is 16.7. The number of benzene rings is 1. The lowest BCUT2D eigenvalue weighted by molar-refractivity contribution is 0.142. The predicted octanol–water partition coefficient (Wildman–Crippen LogP) is 3.40. The van der Waals surface area contributed by atoms with Crippen molar-refractivity contribution < 1.29 is 9.18 Å². The lowest BCUT2D eigenvalue weighted by Crippen LogP contribution is -2.47. The molecule has 3 N–H and O–H groups in total. The summed E-state index contributed by atoms with van der Waals surface area (Å²) >= 11 is 0. The SMILES string of the molecule is CC1(C)c2[nH]nc(Nc3ncncc3F)c2CN1C(=O)NC1CC1c1ccccc1. The van der Waals surface area contributed by atoms with Gasteiger partial charge in [-0.25, -0.2) is 19.2 Å². The lowest BCUT2D eigenvalue weighted by atomic mass is 10.0. The lowest BCUT2D eigenvalue weighted by Gasteiger charge is -2.32. The average molecular weight is 407 g/mol. The summed E-state index contributed by atoms with van der Waals surface area (Å²) in [6.45, 7) is 4.29. The molecular weight excluding hydrogens is 385 g/mol. The van der Waals surface area contributed by atoms with Gasteiger partial charge < -0.3 is 15.5 Å². The van der Waals surface area contributed by atoms with Crippen molar-refractivity contribution in [2.24, 2.45) is 0 Å². The van der Waals surface area contributed by atoms with Gasteiger partial charge in [-0.3, -0.25) is 5.10 Å². The van der Waals surface area contributed by atoms with Crippen LogP contribution in [-0.4, -0.2) is 37.1 Å². The van der Waals surface area contributed by atoms with Crippen LogP contribution in [0.1, 0.15) is 43.0 Å². The van der Waals surface area contributed by atoms with Gasteiger partial charge in [0.05, 0.1) is 24.0 Å². The summed E-state index contributed by atoms with van der Waals surface area (Å²) in [6.07, 6.45) is 3.29. The van der Waals surface area contributed by atoms with Crippen LogP contribution in [0.4, 0.5) is 20.8 Å². The van der Waals surface area contributed by atoms with Gasteiger partial charge in [-0.2, -0.15) is 5.10 Å². The molecule has 1 fully saturated rings. The highest BCUT2D eigenvalue weighted by atomic mass is 19.1. The predicted molar refractivity (Wildman–Crippen MR) is 109 cm³/mol. The van der Waals surface area contributed by atoms with E-state index in [0.717, 1.165) is 23.9 Å². The first kappa shape index (κ1) is 18.5. The summed E-state index contributed by atoms with van der Waals surface area (Å²) in [5.41, 5.74) is 2.32. The fraction of sp³-hybridized carbons (Fsp3) is 0.333. The van der Waals surface area contributed by atoms with Crippen molar-refractivity contribution in [2.75, 3.05) is 5.32 Å². The zero-order valence-corrected chi connectivity index (χ0v) is 16.7. The monoisotopic (exact) mass is 407 g/mol. The number of anilines is 2. The summed E-state index contributed by atoms with van der Waals surface area (Å²) in [6, 6.07) is 10.2. The molecule has 1 aliphatic heterocycles. The molecule has 3 heterocycles. The molecule has 0 bridgehead atoms. The molecule has 9 heteroatoms. The molecule has 5 rings (SSSR count). The van der Waals surface area contributed by atoms with Crippen molar-refractivity contribution in [1.82, 2.24) is 30.4 Å². The minimum absolute atomic E-state index is 0.0451. The number of carbonyl (C=O) groups excluding carboxylic acids is 1. The number of rotatable bonds is 4. The molecule has 2 aromatic heterocycles. The minimum atomic E-state index is -0.576. The molecule has 1 aromatic carbocycles. The number of fused-ring (bicyclic) bond motifs is 1. The standard InChI is InChI=1S/C21H22FN7O/c1-21(2)17-14(18(28-27-17)26-19-15(22)9-23-11-24-19)10-29(21)20(30)25-16-8-13(16)12-6-4-3-5-7-12/h3-7,9,11,13,16H,8,10H2,1-2H3,(H,25,30)(H2,23,24,26,27,28). The maximum atomic E-state index is 13.9. The molecular formula is C21H22FN7O. The van der Waals surface area contributed by atoms with Gasteiger partial charge in [0, 0.05) is 17.5 Å². The van der Waals surface area contributed by atoms with Crippen LogP contribution in [0.3, 0.4) is 0 Å². The Labute approximate surface area is 172 Å². The molecule has 1 aliphatic carbocycles. The Kier molecular flexibility index (Phi) is 4.19. The molecule has 154 valence electrons. The minimum Gasteiger partial charge on any atom is -0.335 e. The molecule has 0 radical (unpaired) electrons. The number of urea groups is 1. The molecule has 1 saturated carbocycles. The van der Waals surface area contributed by atoms with E-state index in [4.69, 9.17) is 0 Å². The van der Waals surface area contributed by atoms with Gasteiger partial charge in [0.25, 0.3) is 0 Å². The molecule has 3 aromatic rings. The molecule has 8 nitrogen and oxygen atoms in total. The largest absolute Gasteiger partial charge is 0.335 e. The van der Waals surface area contributed by atoms with Crippen LogP contribution in [0.5, 0.6) is 0 Å². The van der Waals surface area contributed by atoms with E-state index in [9.17, 15) is 9.18 Å². The van der Waals surface area contributed by atoms with E-state index in [1.165, 1.54) is 11.9 Å². The molecule has 0 saturated heterocycles. The molecule has 0 spiro atoms. The van der Waals surface area contributed by atoms with Crippen molar-refractivity contribution in [3.63, 3.8) is 0 Å². The summed E-state index contributed by atoms with van der Waals surface area (Å²) in [4.78, 5) is 22.4. The summed E-state index contributed by atoms with van der Waals surface area (Å²) in [5, 5.41) is 13.3. The highest BCUT2D eigenvalue weighted by Gasteiger charge is 2.46. The maximum Gasteiger partial charge on any atom is 0.318 e. The van der Waals surface area contributed by atoms with E-state index in [1.54, 1.807) is 4.90 Å². The van der Waals surface area contributed by atoms with Gasteiger partial charge in [0.1, 0.15) is 6.33 Å². The smallest absolute Gasteiger partial charge is 0.318 e. The van der Waals surface area contributed by atoms with E-state index in [-0.39, 0.29) is 17.9 Å². The van der Waals surface area contributed by atoms with Crippen LogP contribution in [0, 0.1) is 5.82 Å². The van der Waals surface area contributed by atoms with Crippen LogP contribution >= 0.6 is 0 Å². The first-order chi connectivity index (χ1) is 14.4. The van der Waals surface area contributed by atoms with E-state index in [1.807, 2.05) is 32.0 Å². The molecule has 2 amide bonds. The van der Waals surface area contributed by atoms with Gasteiger partial charge in [-0.05, 0) is 25.8 Å².